The molecule has 1 atom stereocenters. The first-order valence-corrected chi connectivity index (χ1v) is 6.91. The summed E-state index contributed by atoms with van der Waals surface area (Å²) < 4.78 is 20.7. The van der Waals surface area contributed by atoms with Crippen LogP contribution in [0.25, 0.3) is 11.1 Å². The molecule has 0 spiro atoms. The van der Waals surface area contributed by atoms with Crippen molar-refractivity contribution in [1.29, 1.82) is 0 Å². The first-order valence-electron chi connectivity index (χ1n) is 6.91. The number of nitrogens with zero attached hydrogens (tertiary/aromatic N) is 3. The molecule has 2 aromatic heterocycles. The monoisotopic (exact) mass is 323 g/mol. The smallest absolute Gasteiger partial charge is 0.343 e. The topological polar surface area (TPSA) is 106 Å². The van der Waals surface area contributed by atoms with Gasteiger partial charge in [0.25, 0.3) is 11.5 Å². The Morgan fingerprint density at radius 2 is 2.17 bits per heavy atom. The summed E-state index contributed by atoms with van der Waals surface area (Å²) in [6, 6.07) is 0. The van der Waals surface area contributed by atoms with Gasteiger partial charge in [0, 0.05) is 20.0 Å². The number of carbonyl (C=O) groups excluding carboxylic acids is 1. The third kappa shape index (κ3) is 2.19. The number of alkyl halides is 1. The lowest BCUT2D eigenvalue weighted by atomic mass is 10.1. The van der Waals surface area contributed by atoms with Crippen molar-refractivity contribution in [1.82, 2.24) is 14.5 Å². The number of carbonyl (C=O) groups is 2. The summed E-state index contributed by atoms with van der Waals surface area (Å²) in [5.41, 5.74) is -2.90. The fraction of sp³-hybridized carbons (Fsp3) is 0.429. The molecule has 1 saturated heterocycles. The molecule has 0 saturated carbocycles. The summed E-state index contributed by atoms with van der Waals surface area (Å²) >= 11 is 0. The van der Waals surface area contributed by atoms with Gasteiger partial charge in [-0.3, -0.25) is 9.59 Å². The van der Waals surface area contributed by atoms with Crippen LogP contribution in [-0.4, -0.2) is 50.2 Å². The van der Waals surface area contributed by atoms with Gasteiger partial charge in [-0.1, -0.05) is 0 Å². The van der Waals surface area contributed by atoms with E-state index in [1.54, 1.807) is 0 Å². The van der Waals surface area contributed by atoms with Crippen LogP contribution in [0.1, 0.15) is 22.5 Å². The number of carboxylic acid groups (broad SMARTS) is 1. The molecule has 1 unspecified atom stereocenters. The molecule has 1 amide bonds. The number of furan rings is 1. The van der Waals surface area contributed by atoms with Gasteiger partial charge in [-0.05, 0) is 6.92 Å². The highest BCUT2D eigenvalue weighted by Gasteiger charge is 2.47. The van der Waals surface area contributed by atoms with E-state index in [0.717, 1.165) is 4.90 Å². The van der Waals surface area contributed by atoms with Gasteiger partial charge >= 0.3 is 5.97 Å². The molecule has 2 aromatic rings. The molecule has 0 radical (unpaired) electrons. The van der Waals surface area contributed by atoms with E-state index in [9.17, 15) is 18.8 Å². The Morgan fingerprint density at radius 1 is 1.48 bits per heavy atom. The first-order chi connectivity index (χ1) is 10.7. The summed E-state index contributed by atoms with van der Waals surface area (Å²) in [5.74, 6) is -2.04. The zero-order valence-corrected chi connectivity index (χ0v) is 12.5. The van der Waals surface area contributed by atoms with Crippen molar-refractivity contribution >= 4 is 23.0 Å². The second kappa shape index (κ2) is 4.90. The maximum absolute atomic E-state index is 14.2. The summed E-state index contributed by atoms with van der Waals surface area (Å²) in [6.45, 7) is 0.895. The van der Waals surface area contributed by atoms with Gasteiger partial charge in [0.2, 0.25) is 11.4 Å². The van der Waals surface area contributed by atoms with Gasteiger partial charge in [-0.25, -0.2) is 14.2 Å². The minimum Gasteiger partial charge on any atom is -0.479 e. The number of aryl methyl sites for hydroxylation is 2. The minimum atomic E-state index is -2.47. The molecule has 8 nitrogen and oxygen atoms in total. The molecule has 23 heavy (non-hydrogen) atoms. The molecule has 9 heteroatoms. The summed E-state index contributed by atoms with van der Waals surface area (Å²) in [6.07, 6.45) is 0.980. The van der Waals surface area contributed by atoms with Crippen LogP contribution in [0.2, 0.25) is 0 Å². The van der Waals surface area contributed by atoms with Gasteiger partial charge in [0.15, 0.2) is 0 Å². The predicted octanol–water partition coefficient (Wildman–Crippen LogP) is 0.474. The van der Waals surface area contributed by atoms with Gasteiger partial charge in [0.1, 0.15) is 17.5 Å². The number of carboxylic acids is 1. The molecule has 1 aliphatic heterocycles. The third-order valence-corrected chi connectivity index (χ3v) is 4.05. The van der Waals surface area contributed by atoms with Gasteiger partial charge in [-0.15, -0.1) is 0 Å². The van der Waals surface area contributed by atoms with E-state index in [1.807, 2.05) is 0 Å². The average Bonchev–Trinajstić information content (AvgIpc) is 3.04. The molecular weight excluding hydrogens is 309 g/mol. The Hall–Kier alpha value is -2.71. The molecule has 1 N–H and O–H groups in total. The molecular formula is C14H14FN3O5. The number of likely N-dealkylation sites (tertiary alicyclic amines) is 1. The molecule has 0 bridgehead atoms. The first kappa shape index (κ1) is 15.2. The summed E-state index contributed by atoms with van der Waals surface area (Å²) in [5, 5.41) is 8.93. The van der Waals surface area contributed by atoms with Crippen LogP contribution in [0.15, 0.2) is 15.5 Å². The number of hydrogen-bond donors (Lipinski definition) is 1. The summed E-state index contributed by atoms with van der Waals surface area (Å²) in [7, 11) is 1.48. The lowest BCUT2D eigenvalue weighted by Crippen LogP contribution is -2.39. The highest BCUT2D eigenvalue weighted by Crippen LogP contribution is 2.29. The second-order valence-electron chi connectivity index (χ2n) is 5.62. The van der Waals surface area contributed by atoms with E-state index >= 15 is 0 Å². The number of fused-ring (bicyclic) bond motifs is 1. The number of hydrogen-bond acceptors (Lipinski definition) is 5. The van der Waals surface area contributed by atoms with Crippen molar-refractivity contribution in [3.63, 3.8) is 0 Å². The highest BCUT2D eigenvalue weighted by molar-refractivity contribution is 6.06. The minimum absolute atomic E-state index is 0.00309. The maximum atomic E-state index is 14.2. The molecule has 3 rings (SSSR count). The quantitative estimate of drug-likeness (QED) is 0.861. The van der Waals surface area contributed by atoms with Crippen LogP contribution in [0, 0.1) is 6.92 Å². The van der Waals surface area contributed by atoms with Crippen molar-refractivity contribution in [2.24, 2.45) is 7.05 Å². The Labute approximate surface area is 129 Å². The van der Waals surface area contributed by atoms with E-state index in [1.165, 1.54) is 24.9 Å². The number of aromatic nitrogens is 2. The standard InChI is InChI=1S/C14H14FN3O5/c1-7-8(9-10(23-7)16-6-17(2)11(9)19)12(20)18-4-3-14(15,5-18)13(21)22/h6H,3-5H2,1-2H3,(H,21,22). The Bertz CT molecular complexity index is 886. The number of halogens is 1. The van der Waals surface area contributed by atoms with E-state index in [4.69, 9.17) is 9.52 Å². The van der Waals surface area contributed by atoms with E-state index in [2.05, 4.69) is 4.98 Å². The van der Waals surface area contributed by atoms with Crippen molar-refractivity contribution < 1.29 is 23.5 Å². The van der Waals surface area contributed by atoms with Crippen LogP contribution in [0.3, 0.4) is 0 Å². The van der Waals surface area contributed by atoms with Gasteiger partial charge in [0.05, 0.1) is 12.1 Å². The molecule has 0 aliphatic carbocycles. The molecule has 3 heterocycles. The molecule has 0 aromatic carbocycles. The highest BCUT2D eigenvalue weighted by atomic mass is 19.1. The van der Waals surface area contributed by atoms with Crippen LogP contribution >= 0.6 is 0 Å². The maximum Gasteiger partial charge on any atom is 0.343 e. The Morgan fingerprint density at radius 3 is 2.78 bits per heavy atom. The predicted molar refractivity (Wildman–Crippen MR) is 76.0 cm³/mol. The number of amides is 1. The molecule has 1 fully saturated rings. The molecule has 1 aliphatic rings. The van der Waals surface area contributed by atoms with E-state index in [-0.39, 0.29) is 35.4 Å². The Kier molecular flexibility index (Phi) is 3.24. The lowest BCUT2D eigenvalue weighted by Gasteiger charge is -2.17. The van der Waals surface area contributed by atoms with Crippen molar-refractivity contribution in [3.05, 3.63) is 28.0 Å². The Balaban J connectivity index is 2.06. The average molecular weight is 323 g/mol. The van der Waals surface area contributed by atoms with Crippen molar-refractivity contribution in [2.45, 2.75) is 19.0 Å². The third-order valence-electron chi connectivity index (χ3n) is 4.05. The lowest BCUT2D eigenvalue weighted by molar-refractivity contribution is -0.149. The normalized spacial score (nSPS) is 21.1. The number of aliphatic carboxylic acids is 1. The van der Waals surface area contributed by atoms with Crippen LogP contribution < -0.4 is 5.56 Å². The zero-order chi connectivity index (χ0) is 16.9. The van der Waals surface area contributed by atoms with Crippen molar-refractivity contribution in [2.75, 3.05) is 13.1 Å². The van der Waals surface area contributed by atoms with Gasteiger partial charge in [-0.2, -0.15) is 0 Å². The van der Waals surface area contributed by atoms with Crippen LogP contribution in [0.4, 0.5) is 4.39 Å². The van der Waals surface area contributed by atoms with E-state index < -0.39 is 29.6 Å². The summed E-state index contributed by atoms with van der Waals surface area (Å²) in [4.78, 5) is 40.9. The van der Waals surface area contributed by atoms with Gasteiger partial charge < -0.3 is 19.0 Å². The van der Waals surface area contributed by atoms with Crippen molar-refractivity contribution in [3.8, 4) is 0 Å². The SMILES string of the molecule is Cc1oc2ncn(C)c(=O)c2c1C(=O)N1CCC(F)(C(=O)O)C1. The van der Waals surface area contributed by atoms with Crippen LogP contribution in [-0.2, 0) is 11.8 Å². The van der Waals surface area contributed by atoms with E-state index in [0.29, 0.717) is 0 Å². The van der Waals surface area contributed by atoms with Crippen LogP contribution in [0.5, 0.6) is 0 Å². The molecule has 122 valence electrons. The fourth-order valence-corrected chi connectivity index (χ4v) is 2.72. The largest absolute Gasteiger partial charge is 0.479 e. The number of rotatable bonds is 2. The zero-order valence-electron chi connectivity index (χ0n) is 12.5. The second-order valence-corrected chi connectivity index (χ2v) is 5.62. The fourth-order valence-electron chi connectivity index (χ4n) is 2.72.